The Labute approximate surface area is 156 Å². The Morgan fingerprint density at radius 1 is 0.538 bits per heavy atom. The van der Waals surface area contributed by atoms with Crippen molar-refractivity contribution in [1.29, 1.82) is 0 Å². The zero-order valence-electron chi connectivity index (χ0n) is 17.1. The molecule has 0 saturated heterocycles. The van der Waals surface area contributed by atoms with Crippen LogP contribution in [0.15, 0.2) is 0 Å². The number of ether oxygens (including phenoxy) is 4. The Hall–Kier alpha value is -1.22. The Balaban J connectivity index is 4.41. The zero-order chi connectivity index (χ0) is 20.3. The normalized spacial score (nSPS) is 12.1. The lowest BCUT2D eigenvalue weighted by Gasteiger charge is -2.22. The predicted octanol–water partition coefficient (Wildman–Crippen LogP) is 3.12. The van der Waals surface area contributed by atoms with Gasteiger partial charge in [-0.2, -0.15) is 0 Å². The summed E-state index contributed by atoms with van der Waals surface area (Å²) in [6.07, 6.45) is -2.46. The largest absolute Gasteiger partial charge is 0.360 e. The summed E-state index contributed by atoms with van der Waals surface area (Å²) in [6, 6.07) is 0. The van der Waals surface area contributed by atoms with E-state index in [1.54, 1.807) is 0 Å². The molecule has 0 rings (SSSR count). The van der Waals surface area contributed by atoms with Crippen LogP contribution in [-0.2, 0) is 38.3 Å². The Bertz CT molecular complexity index is 348. The molecule has 0 fully saturated rings. The van der Waals surface area contributed by atoms with Gasteiger partial charge in [0, 0.05) is 0 Å². The lowest BCUT2D eigenvalue weighted by atomic mass is 10.4. The summed E-state index contributed by atoms with van der Waals surface area (Å²) in [5.41, 5.74) is 0. The predicted molar refractivity (Wildman–Crippen MR) is 93.9 cm³/mol. The van der Waals surface area contributed by atoms with Crippen molar-refractivity contribution in [2.75, 3.05) is 0 Å². The fraction of sp³-hybridized carbons (Fsp3) is 0.889. The Kier molecular flexibility index (Phi) is 12.4. The maximum atomic E-state index is 11.8. The molecule has 0 spiro atoms. The summed E-state index contributed by atoms with van der Waals surface area (Å²) in [5, 5.41) is 0. The summed E-state index contributed by atoms with van der Waals surface area (Å²) in [7, 11) is 0. The maximum Gasteiger partial charge on any atom is 0.360 e. The van der Waals surface area contributed by atoms with E-state index < -0.39 is 24.5 Å². The second kappa shape index (κ2) is 13.0. The minimum absolute atomic E-state index is 0.128. The topological polar surface area (TPSA) is 89.5 Å². The number of hydrogen-bond acceptors (Lipinski definition) is 8. The van der Waals surface area contributed by atoms with Gasteiger partial charge in [0.1, 0.15) is 12.8 Å². The molecule has 26 heavy (non-hydrogen) atoms. The molecule has 0 atom stereocenters. The van der Waals surface area contributed by atoms with E-state index in [1.807, 2.05) is 55.4 Å². The van der Waals surface area contributed by atoms with Crippen LogP contribution < -0.4 is 0 Å². The minimum atomic E-state index is -0.775. The molecule has 0 aliphatic heterocycles. The van der Waals surface area contributed by atoms with E-state index in [-0.39, 0.29) is 37.3 Å². The highest BCUT2D eigenvalue weighted by Gasteiger charge is 2.23. The highest BCUT2D eigenvalue weighted by molar-refractivity contribution is 5.73. The van der Waals surface area contributed by atoms with Gasteiger partial charge in [-0.25, -0.2) is 19.4 Å². The van der Waals surface area contributed by atoms with Crippen molar-refractivity contribution in [3.8, 4) is 0 Å². The van der Waals surface area contributed by atoms with Crippen LogP contribution in [0.2, 0.25) is 0 Å². The molecule has 0 radical (unpaired) electrons. The quantitative estimate of drug-likeness (QED) is 0.291. The van der Waals surface area contributed by atoms with Crippen molar-refractivity contribution in [2.24, 2.45) is 0 Å². The highest BCUT2D eigenvalue weighted by Crippen LogP contribution is 2.11. The van der Waals surface area contributed by atoms with Crippen LogP contribution in [0.5, 0.6) is 0 Å². The minimum Gasteiger partial charge on any atom is -0.349 e. The molecule has 0 aromatic carbocycles. The van der Waals surface area contributed by atoms with E-state index in [0.717, 1.165) is 0 Å². The summed E-state index contributed by atoms with van der Waals surface area (Å²) in [5.74, 6) is -1.54. The monoisotopic (exact) mass is 378 g/mol. The molecular weight excluding hydrogens is 344 g/mol. The van der Waals surface area contributed by atoms with Crippen molar-refractivity contribution >= 4 is 11.9 Å². The molecule has 0 aliphatic rings. The number of carbonyl (C=O) groups excluding carboxylic acids is 2. The second-order valence-electron chi connectivity index (χ2n) is 6.92. The van der Waals surface area contributed by atoms with Gasteiger partial charge in [-0.1, -0.05) is 0 Å². The van der Waals surface area contributed by atoms with Crippen LogP contribution in [-0.4, -0.2) is 48.9 Å². The SMILES string of the molecule is CC(C)OC(CC(=O)OOC(=O)CC(OC(C)C)OC(C)C)OC(C)C. The first kappa shape index (κ1) is 24.8. The molecule has 0 heterocycles. The first-order valence-electron chi connectivity index (χ1n) is 9.01. The van der Waals surface area contributed by atoms with Crippen LogP contribution in [0.25, 0.3) is 0 Å². The van der Waals surface area contributed by atoms with Crippen LogP contribution in [0, 0.1) is 0 Å². The Morgan fingerprint density at radius 2 is 0.769 bits per heavy atom. The number of carbonyl (C=O) groups is 2. The van der Waals surface area contributed by atoms with Gasteiger partial charge in [0.15, 0.2) is 12.6 Å². The van der Waals surface area contributed by atoms with E-state index in [9.17, 15) is 9.59 Å². The summed E-state index contributed by atoms with van der Waals surface area (Å²) in [6.45, 7) is 14.6. The van der Waals surface area contributed by atoms with Crippen molar-refractivity contribution in [2.45, 2.75) is 105 Å². The standard InChI is InChI=1S/C18H34O8/c1-11(2)21-17(22-12(3)4)9-15(19)25-26-16(20)10-18(23-13(5)6)24-14(7)8/h11-14,17-18H,9-10H2,1-8H3. The fourth-order valence-corrected chi connectivity index (χ4v) is 1.90. The van der Waals surface area contributed by atoms with Gasteiger partial charge in [0.05, 0.1) is 24.4 Å². The second-order valence-corrected chi connectivity index (χ2v) is 6.92. The van der Waals surface area contributed by atoms with Crippen LogP contribution in [0.4, 0.5) is 0 Å². The van der Waals surface area contributed by atoms with Crippen molar-refractivity contribution in [3.05, 3.63) is 0 Å². The number of rotatable bonds is 12. The smallest absolute Gasteiger partial charge is 0.349 e. The fourth-order valence-electron chi connectivity index (χ4n) is 1.90. The van der Waals surface area contributed by atoms with E-state index in [0.29, 0.717) is 0 Å². The average Bonchev–Trinajstić information content (AvgIpc) is 2.41. The highest BCUT2D eigenvalue weighted by atomic mass is 17.2. The molecule has 8 heteroatoms. The molecule has 0 unspecified atom stereocenters. The number of hydrogen-bond donors (Lipinski definition) is 0. The third-order valence-corrected chi connectivity index (χ3v) is 2.59. The van der Waals surface area contributed by atoms with E-state index in [1.165, 1.54) is 0 Å². The van der Waals surface area contributed by atoms with Gasteiger partial charge in [-0.15, -0.1) is 0 Å². The molecule has 0 aromatic rings. The molecule has 0 saturated carbocycles. The average molecular weight is 378 g/mol. The third kappa shape index (κ3) is 14.0. The van der Waals surface area contributed by atoms with Gasteiger partial charge in [0.25, 0.3) is 0 Å². The van der Waals surface area contributed by atoms with Gasteiger partial charge in [-0.05, 0) is 55.4 Å². The summed E-state index contributed by atoms with van der Waals surface area (Å²) >= 11 is 0. The zero-order valence-corrected chi connectivity index (χ0v) is 17.1. The van der Waals surface area contributed by atoms with Gasteiger partial charge < -0.3 is 18.9 Å². The maximum absolute atomic E-state index is 11.8. The molecule has 0 N–H and O–H groups in total. The molecule has 0 bridgehead atoms. The van der Waals surface area contributed by atoms with Crippen LogP contribution in [0.1, 0.15) is 68.2 Å². The van der Waals surface area contributed by atoms with Crippen LogP contribution in [0.3, 0.4) is 0 Å². The lowest BCUT2D eigenvalue weighted by molar-refractivity contribution is -0.272. The summed E-state index contributed by atoms with van der Waals surface area (Å²) < 4.78 is 21.9. The Morgan fingerprint density at radius 3 is 0.962 bits per heavy atom. The van der Waals surface area contributed by atoms with Crippen molar-refractivity contribution in [1.82, 2.24) is 0 Å². The molecule has 154 valence electrons. The van der Waals surface area contributed by atoms with Gasteiger partial charge >= 0.3 is 11.9 Å². The molecule has 8 nitrogen and oxygen atoms in total. The molecule has 0 aliphatic carbocycles. The molecular formula is C18H34O8. The van der Waals surface area contributed by atoms with E-state index in [2.05, 4.69) is 9.78 Å². The van der Waals surface area contributed by atoms with Crippen molar-refractivity contribution < 1.29 is 38.3 Å². The molecule has 0 amide bonds. The van der Waals surface area contributed by atoms with Gasteiger partial charge in [0.2, 0.25) is 0 Å². The van der Waals surface area contributed by atoms with Crippen molar-refractivity contribution in [3.63, 3.8) is 0 Å². The first-order valence-corrected chi connectivity index (χ1v) is 9.01. The first-order chi connectivity index (χ1) is 12.0. The van der Waals surface area contributed by atoms with Gasteiger partial charge in [-0.3, -0.25) is 0 Å². The lowest BCUT2D eigenvalue weighted by Crippen LogP contribution is -2.30. The third-order valence-electron chi connectivity index (χ3n) is 2.59. The van der Waals surface area contributed by atoms with E-state index in [4.69, 9.17) is 18.9 Å². The van der Waals surface area contributed by atoms with Crippen LogP contribution >= 0.6 is 0 Å². The molecule has 0 aromatic heterocycles. The van der Waals surface area contributed by atoms with E-state index >= 15 is 0 Å². The summed E-state index contributed by atoms with van der Waals surface area (Å²) in [4.78, 5) is 32.8.